The Morgan fingerprint density at radius 2 is 1.63 bits per heavy atom. The van der Waals surface area contributed by atoms with Crippen LogP contribution in [0.3, 0.4) is 0 Å². The van der Waals surface area contributed by atoms with Crippen LogP contribution in [0.4, 0.5) is 8.78 Å². The first kappa shape index (κ1) is 13.5. The van der Waals surface area contributed by atoms with Crippen molar-refractivity contribution in [3.8, 4) is 11.5 Å². The fourth-order valence-electron chi connectivity index (χ4n) is 1.44. The summed E-state index contributed by atoms with van der Waals surface area (Å²) in [7, 11) is -3.29. The maximum Gasteiger partial charge on any atom is 0.175 e. The van der Waals surface area contributed by atoms with Crippen molar-refractivity contribution in [1.82, 2.24) is 0 Å². The summed E-state index contributed by atoms with van der Waals surface area (Å²) < 4.78 is 53.8. The zero-order chi connectivity index (χ0) is 14.0. The number of ether oxygens (including phenoxy) is 1. The molecule has 19 heavy (non-hydrogen) atoms. The highest BCUT2D eigenvalue weighted by atomic mass is 32.2. The van der Waals surface area contributed by atoms with E-state index in [2.05, 4.69) is 0 Å². The van der Waals surface area contributed by atoms with Crippen LogP contribution < -0.4 is 4.74 Å². The monoisotopic (exact) mass is 284 g/mol. The summed E-state index contributed by atoms with van der Waals surface area (Å²) >= 11 is 0. The third-order valence-electron chi connectivity index (χ3n) is 2.37. The second-order valence-electron chi connectivity index (χ2n) is 3.92. The van der Waals surface area contributed by atoms with Gasteiger partial charge >= 0.3 is 0 Å². The second kappa shape index (κ2) is 4.97. The van der Waals surface area contributed by atoms with Crippen molar-refractivity contribution < 1.29 is 21.9 Å². The average molecular weight is 284 g/mol. The van der Waals surface area contributed by atoms with Gasteiger partial charge in [-0.3, -0.25) is 0 Å². The molecule has 0 fully saturated rings. The van der Waals surface area contributed by atoms with E-state index in [0.29, 0.717) is 6.07 Å². The molecular weight excluding hydrogens is 274 g/mol. The van der Waals surface area contributed by atoms with Crippen LogP contribution in [0.2, 0.25) is 0 Å². The van der Waals surface area contributed by atoms with E-state index in [1.807, 2.05) is 0 Å². The molecule has 0 aromatic heterocycles. The first-order chi connectivity index (χ1) is 8.86. The fourth-order valence-corrected chi connectivity index (χ4v) is 2.07. The number of benzene rings is 2. The Hall–Kier alpha value is -1.95. The number of hydrogen-bond donors (Lipinski definition) is 0. The van der Waals surface area contributed by atoms with Crippen LogP contribution in [0.5, 0.6) is 11.5 Å². The van der Waals surface area contributed by atoms with E-state index in [0.717, 1.165) is 18.4 Å². The van der Waals surface area contributed by atoms with Crippen LogP contribution in [0.25, 0.3) is 0 Å². The Morgan fingerprint density at radius 1 is 1.00 bits per heavy atom. The molecule has 100 valence electrons. The molecule has 0 saturated heterocycles. The van der Waals surface area contributed by atoms with Crippen LogP contribution in [0, 0.1) is 11.6 Å². The topological polar surface area (TPSA) is 43.4 Å². The predicted octanol–water partition coefficient (Wildman–Crippen LogP) is 3.16. The van der Waals surface area contributed by atoms with E-state index in [-0.39, 0.29) is 16.4 Å². The van der Waals surface area contributed by atoms with Crippen molar-refractivity contribution in [2.45, 2.75) is 4.90 Å². The normalized spacial score (nSPS) is 11.3. The van der Waals surface area contributed by atoms with Gasteiger partial charge in [0.25, 0.3) is 0 Å². The molecule has 0 radical (unpaired) electrons. The van der Waals surface area contributed by atoms with Crippen molar-refractivity contribution in [3.63, 3.8) is 0 Å². The van der Waals surface area contributed by atoms with Gasteiger partial charge in [0.1, 0.15) is 11.6 Å². The van der Waals surface area contributed by atoms with Crippen molar-refractivity contribution in [3.05, 3.63) is 54.1 Å². The number of hydrogen-bond acceptors (Lipinski definition) is 3. The molecule has 3 nitrogen and oxygen atoms in total. The number of rotatable bonds is 3. The van der Waals surface area contributed by atoms with Crippen molar-refractivity contribution in [1.29, 1.82) is 0 Å². The van der Waals surface area contributed by atoms with Crippen molar-refractivity contribution in [2.24, 2.45) is 0 Å². The third kappa shape index (κ3) is 3.29. The van der Waals surface area contributed by atoms with E-state index in [9.17, 15) is 17.2 Å². The van der Waals surface area contributed by atoms with Crippen LogP contribution in [0.15, 0.2) is 47.4 Å². The summed E-state index contributed by atoms with van der Waals surface area (Å²) in [6.45, 7) is 0. The molecule has 0 N–H and O–H groups in total. The van der Waals surface area contributed by atoms with Gasteiger partial charge in [0.15, 0.2) is 21.4 Å². The van der Waals surface area contributed by atoms with E-state index < -0.39 is 21.5 Å². The van der Waals surface area contributed by atoms with Gasteiger partial charge in [-0.15, -0.1) is 0 Å². The molecule has 0 aliphatic carbocycles. The van der Waals surface area contributed by atoms with E-state index in [1.54, 1.807) is 0 Å². The molecule has 0 atom stereocenters. The van der Waals surface area contributed by atoms with Gasteiger partial charge in [-0.05, 0) is 36.4 Å². The molecule has 2 aromatic carbocycles. The second-order valence-corrected chi connectivity index (χ2v) is 5.94. The van der Waals surface area contributed by atoms with Gasteiger partial charge in [-0.25, -0.2) is 17.2 Å². The van der Waals surface area contributed by atoms with Crippen molar-refractivity contribution in [2.75, 3.05) is 6.26 Å². The quantitative estimate of drug-likeness (QED) is 0.869. The zero-order valence-corrected chi connectivity index (χ0v) is 10.7. The minimum Gasteiger partial charge on any atom is -0.454 e. The highest BCUT2D eigenvalue weighted by molar-refractivity contribution is 7.90. The van der Waals surface area contributed by atoms with E-state index in [4.69, 9.17) is 4.74 Å². The van der Waals surface area contributed by atoms with Crippen LogP contribution in [0.1, 0.15) is 0 Å². The molecule has 6 heteroatoms. The molecule has 0 spiro atoms. The van der Waals surface area contributed by atoms with Crippen LogP contribution in [-0.2, 0) is 9.84 Å². The SMILES string of the molecule is CS(=O)(=O)c1ccc(Oc2ccc(F)cc2F)cc1. The molecule has 0 amide bonds. The Labute approximate surface area is 109 Å². The maximum atomic E-state index is 13.3. The lowest BCUT2D eigenvalue weighted by molar-refractivity contribution is 0.437. The lowest BCUT2D eigenvalue weighted by Gasteiger charge is -2.07. The molecule has 0 aliphatic heterocycles. The largest absolute Gasteiger partial charge is 0.454 e. The van der Waals surface area contributed by atoms with Gasteiger partial charge < -0.3 is 4.74 Å². The Morgan fingerprint density at radius 3 is 2.16 bits per heavy atom. The smallest absolute Gasteiger partial charge is 0.175 e. The van der Waals surface area contributed by atoms with E-state index >= 15 is 0 Å². The number of halogens is 2. The van der Waals surface area contributed by atoms with Gasteiger partial charge in [0.2, 0.25) is 0 Å². The molecule has 0 heterocycles. The maximum absolute atomic E-state index is 13.3. The summed E-state index contributed by atoms with van der Waals surface area (Å²) in [5.74, 6) is -1.39. The summed E-state index contributed by atoms with van der Waals surface area (Å²) in [5.41, 5.74) is 0. The Balaban J connectivity index is 2.25. The highest BCUT2D eigenvalue weighted by Gasteiger charge is 2.09. The zero-order valence-electron chi connectivity index (χ0n) is 9.93. The van der Waals surface area contributed by atoms with Gasteiger partial charge in [-0.1, -0.05) is 0 Å². The van der Waals surface area contributed by atoms with Crippen LogP contribution >= 0.6 is 0 Å². The molecule has 2 aromatic rings. The standard InChI is InChI=1S/C13H10F2O3S/c1-19(16,17)11-5-3-10(4-6-11)18-13-7-2-9(14)8-12(13)15/h2-8H,1H3. The summed E-state index contributed by atoms with van der Waals surface area (Å²) in [4.78, 5) is 0.138. The molecular formula is C13H10F2O3S. The Kier molecular flexibility index (Phi) is 3.53. The third-order valence-corrected chi connectivity index (χ3v) is 3.50. The highest BCUT2D eigenvalue weighted by Crippen LogP contribution is 2.25. The summed E-state index contributed by atoms with van der Waals surface area (Å²) in [5, 5.41) is 0. The molecule has 0 unspecified atom stereocenters. The summed E-state index contributed by atoms with van der Waals surface area (Å²) in [6, 6.07) is 8.45. The molecule has 0 saturated carbocycles. The van der Waals surface area contributed by atoms with Gasteiger partial charge in [0.05, 0.1) is 4.90 Å². The molecule has 0 aliphatic rings. The lowest BCUT2D eigenvalue weighted by atomic mass is 10.3. The van der Waals surface area contributed by atoms with Gasteiger partial charge in [-0.2, -0.15) is 0 Å². The fraction of sp³-hybridized carbons (Fsp3) is 0.0769. The van der Waals surface area contributed by atoms with E-state index in [1.165, 1.54) is 24.3 Å². The molecule has 2 rings (SSSR count). The summed E-state index contributed by atoms with van der Waals surface area (Å²) in [6.07, 6.45) is 1.09. The average Bonchev–Trinajstić information content (AvgIpc) is 2.32. The lowest BCUT2D eigenvalue weighted by Crippen LogP contribution is -1.96. The van der Waals surface area contributed by atoms with Gasteiger partial charge in [0, 0.05) is 12.3 Å². The Bertz CT molecular complexity index is 694. The predicted molar refractivity (Wildman–Crippen MR) is 66.0 cm³/mol. The molecule has 0 bridgehead atoms. The van der Waals surface area contributed by atoms with Crippen LogP contribution in [-0.4, -0.2) is 14.7 Å². The number of sulfone groups is 1. The minimum atomic E-state index is -3.29. The first-order valence-electron chi connectivity index (χ1n) is 5.29. The minimum absolute atomic E-state index is 0.131. The van der Waals surface area contributed by atoms with Crippen molar-refractivity contribution >= 4 is 9.84 Å². The first-order valence-corrected chi connectivity index (χ1v) is 7.18.